The SMILES string of the molecule is CC(=O)c1ccc(COc2cccc(C3CCN(Cc4nccn4C[C@@H]4CCO4)CC3)n2)c(F)c1. The lowest BCUT2D eigenvalue weighted by molar-refractivity contribution is -0.0598. The van der Waals surface area contributed by atoms with Gasteiger partial charge >= 0.3 is 0 Å². The third-order valence-electron chi connectivity index (χ3n) is 6.95. The summed E-state index contributed by atoms with van der Waals surface area (Å²) in [7, 11) is 0. The van der Waals surface area contributed by atoms with Crippen molar-refractivity contribution in [2.45, 2.75) is 57.9 Å². The lowest BCUT2D eigenvalue weighted by Gasteiger charge is -2.32. The summed E-state index contributed by atoms with van der Waals surface area (Å²) >= 11 is 0. The zero-order chi connectivity index (χ0) is 24.2. The number of imidazole rings is 1. The average molecular weight is 479 g/mol. The highest BCUT2D eigenvalue weighted by molar-refractivity contribution is 5.94. The first-order valence-corrected chi connectivity index (χ1v) is 12.3. The molecule has 0 amide bonds. The Bertz CT molecular complexity index is 1170. The summed E-state index contributed by atoms with van der Waals surface area (Å²) < 4.78 is 27.9. The van der Waals surface area contributed by atoms with Gasteiger partial charge in [0.15, 0.2) is 5.78 Å². The van der Waals surface area contributed by atoms with Crippen LogP contribution in [0.4, 0.5) is 4.39 Å². The first-order valence-electron chi connectivity index (χ1n) is 12.3. The predicted molar refractivity (Wildman–Crippen MR) is 129 cm³/mol. The number of aromatic nitrogens is 3. The maximum atomic E-state index is 14.3. The molecule has 8 heteroatoms. The molecule has 2 fully saturated rings. The van der Waals surface area contributed by atoms with Gasteiger partial charge in [0.2, 0.25) is 5.88 Å². The van der Waals surface area contributed by atoms with Crippen LogP contribution in [0.1, 0.15) is 59.5 Å². The normalized spacial score (nSPS) is 18.9. The number of hydrogen-bond donors (Lipinski definition) is 0. The lowest BCUT2D eigenvalue weighted by atomic mass is 9.93. The van der Waals surface area contributed by atoms with Crippen LogP contribution >= 0.6 is 0 Å². The Morgan fingerprint density at radius 3 is 2.74 bits per heavy atom. The standard InChI is InChI=1S/C27H31FN4O3/c1-19(33)21-5-6-22(24(28)15-21)18-35-27-4-2-3-25(30-27)20-7-11-31(12-8-20)17-26-29-10-13-32(26)16-23-9-14-34-23/h2-6,10,13,15,20,23H,7-9,11-12,14,16-18H2,1H3/t23-/m0/s1. The van der Waals surface area contributed by atoms with Crippen molar-refractivity contribution in [3.05, 3.63) is 77.3 Å². The van der Waals surface area contributed by atoms with Gasteiger partial charge in [-0.05, 0) is 51.4 Å². The van der Waals surface area contributed by atoms with Gasteiger partial charge in [-0.2, -0.15) is 0 Å². The average Bonchev–Trinajstić information content (AvgIpc) is 3.28. The number of carbonyl (C=O) groups is 1. The van der Waals surface area contributed by atoms with Crippen LogP contribution < -0.4 is 4.74 Å². The molecule has 0 unspecified atom stereocenters. The van der Waals surface area contributed by atoms with Crippen LogP contribution in [0.3, 0.4) is 0 Å². The molecule has 7 nitrogen and oxygen atoms in total. The number of nitrogens with zero attached hydrogens (tertiary/aromatic N) is 4. The second kappa shape index (κ2) is 10.7. The summed E-state index contributed by atoms with van der Waals surface area (Å²) in [6.07, 6.45) is 7.40. The van der Waals surface area contributed by atoms with Gasteiger partial charge < -0.3 is 14.0 Å². The summed E-state index contributed by atoms with van der Waals surface area (Å²) in [6.45, 7) is 6.05. The first kappa shape index (κ1) is 23.6. The Hall–Kier alpha value is -3.10. The Kier molecular flexibility index (Phi) is 7.20. The van der Waals surface area contributed by atoms with Gasteiger partial charge in [0.1, 0.15) is 18.2 Å². The Morgan fingerprint density at radius 2 is 2.03 bits per heavy atom. The number of Topliss-reactive ketones (excluding diaryl/α,β-unsaturated/α-hetero) is 1. The first-order chi connectivity index (χ1) is 17.0. The molecule has 0 bridgehead atoms. The van der Waals surface area contributed by atoms with E-state index in [-0.39, 0.29) is 12.4 Å². The summed E-state index contributed by atoms with van der Waals surface area (Å²) in [4.78, 5) is 23.1. The van der Waals surface area contributed by atoms with Gasteiger partial charge in [-0.1, -0.05) is 18.2 Å². The van der Waals surface area contributed by atoms with Gasteiger partial charge in [-0.3, -0.25) is 9.69 Å². The quantitative estimate of drug-likeness (QED) is 0.426. The van der Waals surface area contributed by atoms with Crippen LogP contribution in [0.5, 0.6) is 5.88 Å². The topological polar surface area (TPSA) is 69.5 Å². The van der Waals surface area contributed by atoms with Gasteiger partial charge in [0.05, 0.1) is 19.2 Å². The van der Waals surface area contributed by atoms with Crippen LogP contribution in [-0.4, -0.2) is 51.0 Å². The minimum absolute atomic E-state index is 0.0669. The van der Waals surface area contributed by atoms with Crippen molar-refractivity contribution in [3.63, 3.8) is 0 Å². The fraction of sp³-hybridized carbons (Fsp3) is 0.444. The van der Waals surface area contributed by atoms with Crippen molar-refractivity contribution >= 4 is 5.78 Å². The molecule has 1 aromatic carbocycles. The molecule has 2 saturated heterocycles. The van der Waals surface area contributed by atoms with E-state index in [0.29, 0.717) is 29.0 Å². The van der Waals surface area contributed by atoms with E-state index in [1.807, 2.05) is 24.5 Å². The fourth-order valence-corrected chi connectivity index (χ4v) is 4.67. The highest BCUT2D eigenvalue weighted by Crippen LogP contribution is 2.29. The molecule has 3 aromatic rings. The summed E-state index contributed by atoms with van der Waals surface area (Å²) in [5, 5.41) is 0. The molecule has 0 saturated carbocycles. The largest absolute Gasteiger partial charge is 0.473 e. The van der Waals surface area contributed by atoms with E-state index in [2.05, 4.69) is 14.5 Å². The van der Waals surface area contributed by atoms with E-state index in [1.165, 1.54) is 13.0 Å². The van der Waals surface area contributed by atoms with Crippen molar-refractivity contribution in [2.75, 3.05) is 19.7 Å². The lowest BCUT2D eigenvalue weighted by Crippen LogP contribution is -2.35. The van der Waals surface area contributed by atoms with Crippen molar-refractivity contribution in [2.24, 2.45) is 0 Å². The predicted octanol–water partition coefficient (Wildman–Crippen LogP) is 4.37. The van der Waals surface area contributed by atoms with Crippen molar-refractivity contribution in [3.8, 4) is 5.88 Å². The molecule has 35 heavy (non-hydrogen) atoms. The van der Waals surface area contributed by atoms with E-state index >= 15 is 0 Å². The van der Waals surface area contributed by atoms with Gasteiger partial charge in [-0.15, -0.1) is 0 Å². The number of ketones is 1. The fourth-order valence-electron chi connectivity index (χ4n) is 4.67. The van der Waals surface area contributed by atoms with E-state index in [1.54, 1.807) is 18.2 Å². The second-order valence-electron chi connectivity index (χ2n) is 9.38. The summed E-state index contributed by atoms with van der Waals surface area (Å²) in [6, 6.07) is 10.3. The van der Waals surface area contributed by atoms with Gasteiger partial charge in [0, 0.05) is 47.8 Å². The zero-order valence-electron chi connectivity index (χ0n) is 20.0. The molecule has 1 atom stereocenters. The Labute approximate surface area is 204 Å². The van der Waals surface area contributed by atoms with Crippen LogP contribution in [0.15, 0.2) is 48.8 Å². The minimum Gasteiger partial charge on any atom is -0.473 e. The molecule has 0 N–H and O–H groups in total. The highest BCUT2D eigenvalue weighted by atomic mass is 19.1. The Morgan fingerprint density at radius 1 is 1.20 bits per heavy atom. The Balaban J connectivity index is 1.14. The van der Waals surface area contributed by atoms with E-state index in [4.69, 9.17) is 14.5 Å². The number of likely N-dealkylation sites (tertiary alicyclic amines) is 1. The smallest absolute Gasteiger partial charge is 0.213 e. The molecule has 2 aromatic heterocycles. The molecule has 0 aliphatic carbocycles. The van der Waals surface area contributed by atoms with Crippen molar-refractivity contribution in [1.82, 2.24) is 19.4 Å². The van der Waals surface area contributed by atoms with Crippen LogP contribution in [0.25, 0.3) is 0 Å². The van der Waals surface area contributed by atoms with Crippen LogP contribution in [0, 0.1) is 5.82 Å². The number of hydrogen-bond acceptors (Lipinski definition) is 6. The van der Waals surface area contributed by atoms with E-state index in [9.17, 15) is 9.18 Å². The third-order valence-corrected chi connectivity index (χ3v) is 6.95. The number of pyridine rings is 1. The van der Waals surface area contributed by atoms with E-state index in [0.717, 1.165) is 63.6 Å². The summed E-state index contributed by atoms with van der Waals surface area (Å²) in [5.74, 6) is 1.34. The van der Waals surface area contributed by atoms with Crippen molar-refractivity contribution in [1.29, 1.82) is 0 Å². The molecule has 0 spiro atoms. The number of benzene rings is 1. The molecule has 184 valence electrons. The van der Waals surface area contributed by atoms with Crippen LogP contribution in [0.2, 0.25) is 0 Å². The summed E-state index contributed by atoms with van der Waals surface area (Å²) in [5.41, 5.74) is 1.77. The second-order valence-corrected chi connectivity index (χ2v) is 9.38. The molecule has 4 heterocycles. The van der Waals surface area contributed by atoms with E-state index < -0.39 is 5.82 Å². The molecule has 2 aliphatic heterocycles. The van der Waals surface area contributed by atoms with Crippen LogP contribution in [-0.2, 0) is 24.4 Å². The molecule has 0 radical (unpaired) electrons. The maximum absolute atomic E-state index is 14.3. The minimum atomic E-state index is -0.443. The highest BCUT2D eigenvalue weighted by Gasteiger charge is 2.24. The van der Waals surface area contributed by atoms with Crippen molar-refractivity contribution < 1.29 is 18.7 Å². The molecule has 2 aliphatic rings. The number of carbonyl (C=O) groups excluding carboxylic acids is 1. The van der Waals surface area contributed by atoms with Gasteiger partial charge in [0.25, 0.3) is 0 Å². The number of rotatable bonds is 9. The molecule has 5 rings (SSSR count). The zero-order valence-corrected chi connectivity index (χ0v) is 20.0. The monoisotopic (exact) mass is 478 g/mol. The number of piperidine rings is 1. The van der Waals surface area contributed by atoms with Gasteiger partial charge in [-0.25, -0.2) is 14.4 Å². The molecular formula is C27H31FN4O3. The molecular weight excluding hydrogens is 447 g/mol. The number of ether oxygens (including phenoxy) is 2. The third kappa shape index (κ3) is 5.77. The number of halogens is 1. The maximum Gasteiger partial charge on any atom is 0.213 e.